The van der Waals surface area contributed by atoms with E-state index in [9.17, 15) is 13.2 Å². The minimum atomic E-state index is -3.71. The van der Waals surface area contributed by atoms with Crippen molar-refractivity contribution < 1.29 is 13.2 Å². The molecule has 0 bridgehead atoms. The Kier molecular flexibility index (Phi) is 6.21. The topological polar surface area (TPSA) is 66.5 Å². The summed E-state index contributed by atoms with van der Waals surface area (Å²) in [5.74, 6) is -0.475. The fourth-order valence-corrected chi connectivity index (χ4v) is 4.02. The zero-order valence-electron chi connectivity index (χ0n) is 14.9. The molecule has 8 heteroatoms. The number of carbonyl (C=O) groups is 1. The summed E-state index contributed by atoms with van der Waals surface area (Å²) in [5, 5.41) is 3.68. The number of sulfonamides is 1. The number of nitrogens with one attached hydrogen (secondary N) is 1. The average molecular weight is 415 g/mol. The van der Waals surface area contributed by atoms with E-state index in [1.807, 2.05) is 6.92 Å². The maximum atomic E-state index is 12.7. The maximum Gasteiger partial charge on any atom is 0.248 e. The van der Waals surface area contributed by atoms with Gasteiger partial charge in [0.15, 0.2) is 0 Å². The molecule has 0 heterocycles. The standard InChI is InChI=1S/C18H20Cl2N2O3S/c1-11-8-9-14(10-16(11)20)22(26(4,24)25)13(3)18(23)21-17-7-5-6-15(19)12(17)2/h5-10,13H,1-4H3,(H,21,23)/t13-/m0/s1. The number of hydrogen-bond acceptors (Lipinski definition) is 3. The van der Waals surface area contributed by atoms with E-state index in [-0.39, 0.29) is 0 Å². The van der Waals surface area contributed by atoms with E-state index < -0.39 is 22.0 Å². The van der Waals surface area contributed by atoms with Crippen LogP contribution in [0, 0.1) is 13.8 Å². The monoisotopic (exact) mass is 414 g/mol. The Balaban J connectivity index is 2.37. The highest BCUT2D eigenvalue weighted by Crippen LogP contribution is 2.28. The van der Waals surface area contributed by atoms with Gasteiger partial charge in [0.05, 0.1) is 11.9 Å². The van der Waals surface area contributed by atoms with Gasteiger partial charge in [-0.1, -0.05) is 35.3 Å². The molecular formula is C18H20Cl2N2O3S. The molecule has 1 N–H and O–H groups in total. The van der Waals surface area contributed by atoms with Crippen LogP contribution >= 0.6 is 23.2 Å². The number of carbonyl (C=O) groups excluding carboxylic acids is 1. The zero-order chi connectivity index (χ0) is 19.6. The summed E-state index contributed by atoms with van der Waals surface area (Å²) >= 11 is 12.2. The highest BCUT2D eigenvalue weighted by Gasteiger charge is 2.29. The molecule has 2 aromatic rings. The summed E-state index contributed by atoms with van der Waals surface area (Å²) < 4.78 is 25.7. The van der Waals surface area contributed by atoms with Crippen molar-refractivity contribution in [1.29, 1.82) is 0 Å². The Morgan fingerprint density at radius 3 is 2.35 bits per heavy atom. The first kappa shape index (κ1) is 20.6. The lowest BCUT2D eigenvalue weighted by Crippen LogP contribution is -2.45. The van der Waals surface area contributed by atoms with Gasteiger partial charge in [-0.3, -0.25) is 9.10 Å². The van der Waals surface area contributed by atoms with Gasteiger partial charge in [-0.05, 0) is 56.2 Å². The first-order valence-corrected chi connectivity index (χ1v) is 10.4. The van der Waals surface area contributed by atoms with Crippen LogP contribution in [0.2, 0.25) is 10.0 Å². The Hall–Kier alpha value is -1.76. The zero-order valence-corrected chi connectivity index (χ0v) is 17.2. The molecule has 0 saturated heterocycles. The smallest absolute Gasteiger partial charge is 0.248 e. The van der Waals surface area contributed by atoms with Crippen LogP contribution in [0.5, 0.6) is 0 Å². The van der Waals surface area contributed by atoms with E-state index in [4.69, 9.17) is 23.2 Å². The lowest BCUT2D eigenvalue weighted by atomic mass is 10.1. The first-order chi connectivity index (χ1) is 12.0. The molecule has 26 heavy (non-hydrogen) atoms. The van der Waals surface area contributed by atoms with Gasteiger partial charge in [-0.25, -0.2) is 8.42 Å². The Bertz CT molecular complexity index is 945. The molecule has 0 saturated carbocycles. The minimum absolute atomic E-state index is 0.327. The number of halogens is 2. The van der Waals surface area contributed by atoms with Gasteiger partial charge < -0.3 is 5.32 Å². The first-order valence-electron chi connectivity index (χ1n) is 7.84. The van der Waals surface area contributed by atoms with E-state index in [2.05, 4.69) is 5.32 Å². The van der Waals surface area contributed by atoms with Gasteiger partial charge in [0.2, 0.25) is 15.9 Å². The highest BCUT2D eigenvalue weighted by atomic mass is 35.5. The van der Waals surface area contributed by atoms with Crippen molar-refractivity contribution >= 4 is 50.5 Å². The summed E-state index contributed by atoms with van der Waals surface area (Å²) in [7, 11) is -3.71. The van der Waals surface area contributed by atoms with Crippen molar-refractivity contribution in [2.75, 3.05) is 15.9 Å². The van der Waals surface area contributed by atoms with Crippen molar-refractivity contribution in [3.63, 3.8) is 0 Å². The molecule has 1 atom stereocenters. The van der Waals surface area contributed by atoms with E-state index in [0.717, 1.165) is 16.1 Å². The number of benzene rings is 2. The quantitative estimate of drug-likeness (QED) is 0.787. The van der Waals surface area contributed by atoms with Crippen LogP contribution in [-0.2, 0) is 14.8 Å². The lowest BCUT2D eigenvalue weighted by Gasteiger charge is -2.28. The van der Waals surface area contributed by atoms with Crippen molar-refractivity contribution in [3.8, 4) is 0 Å². The van der Waals surface area contributed by atoms with Gasteiger partial charge >= 0.3 is 0 Å². The molecule has 0 aliphatic carbocycles. The number of amides is 1. The molecule has 0 aliphatic heterocycles. The average Bonchev–Trinajstić information content (AvgIpc) is 2.54. The van der Waals surface area contributed by atoms with Crippen LogP contribution < -0.4 is 9.62 Å². The normalized spacial score (nSPS) is 12.5. The van der Waals surface area contributed by atoms with E-state index >= 15 is 0 Å². The summed E-state index contributed by atoms with van der Waals surface area (Å²) in [4.78, 5) is 12.7. The second kappa shape index (κ2) is 7.86. The van der Waals surface area contributed by atoms with Crippen LogP contribution in [-0.4, -0.2) is 26.6 Å². The van der Waals surface area contributed by atoms with Crippen molar-refractivity contribution in [2.24, 2.45) is 0 Å². The number of rotatable bonds is 5. The van der Waals surface area contributed by atoms with Crippen LogP contribution in [0.1, 0.15) is 18.1 Å². The highest BCUT2D eigenvalue weighted by molar-refractivity contribution is 7.92. The molecule has 2 aromatic carbocycles. The molecule has 1 amide bonds. The summed E-state index contributed by atoms with van der Waals surface area (Å²) in [5.41, 5.74) is 2.38. The third kappa shape index (κ3) is 4.50. The maximum absolute atomic E-state index is 12.7. The third-order valence-electron chi connectivity index (χ3n) is 4.02. The fourth-order valence-electron chi connectivity index (χ4n) is 2.51. The van der Waals surface area contributed by atoms with Gasteiger partial charge in [0, 0.05) is 15.7 Å². The summed E-state index contributed by atoms with van der Waals surface area (Å²) in [6, 6.07) is 9.02. The number of aryl methyl sites for hydroxylation is 1. The fraction of sp³-hybridized carbons (Fsp3) is 0.278. The molecule has 0 radical (unpaired) electrons. The van der Waals surface area contributed by atoms with Gasteiger partial charge in [-0.2, -0.15) is 0 Å². The van der Waals surface area contributed by atoms with E-state index in [1.165, 1.54) is 13.0 Å². The van der Waals surface area contributed by atoms with E-state index in [1.54, 1.807) is 37.3 Å². The molecule has 0 aromatic heterocycles. The lowest BCUT2D eigenvalue weighted by molar-refractivity contribution is -0.116. The SMILES string of the molecule is Cc1ccc(N([C@@H](C)C(=O)Nc2cccc(Cl)c2C)S(C)(=O)=O)cc1Cl. The molecular weight excluding hydrogens is 395 g/mol. The van der Waals surface area contributed by atoms with Crippen molar-refractivity contribution in [2.45, 2.75) is 26.8 Å². The molecule has 0 spiro atoms. The predicted molar refractivity (Wildman–Crippen MR) is 108 cm³/mol. The molecule has 2 rings (SSSR count). The summed E-state index contributed by atoms with van der Waals surface area (Å²) in [6.07, 6.45) is 1.05. The molecule has 0 unspecified atom stereocenters. The molecule has 0 aliphatic rings. The molecule has 0 fully saturated rings. The van der Waals surface area contributed by atoms with Gasteiger partial charge in [-0.15, -0.1) is 0 Å². The van der Waals surface area contributed by atoms with Crippen LogP contribution in [0.25, 0.3) is 0 Å². The van der Waals surface area contributed by atoms with E-state index in [0.29, 0.717) is 27.0 Å². The Morgan fingerprint density at radius 1 is 1.12 bits per heavy atom. The number of anilines is 2. The predicted octanol–water partition coefficient (Wildman–Crippen LogP) is 4.40. The van der Waals surface area contributed by atoms with Crippen LogP contribution in [0.4, 0.5) is 11.4 Å². The minimum Gasteiger partial charge on any atom is -0.324 e. The van der Waals surface area contributed by atoms with Gasteiger partial charge in [0.1, 0.15) is 6.04 Å². The van der Waals surface area contributed by atoms with Crippen LogP contribution in [0.3, 0.4) is 0 Å². The van der Waals surface area contributed by atoms with Gasteiger partial charge in [0.25, 0.3) is 0 Å². The summed E-state index contributed by atoms with van der Waals surface area (Å²) in [6.45, 7) is 5.11. The van der Waals surface area contributed by atoms with Crippen molar-refractivity contribution in [1.82, 2.24) is 0 Å². The number of nitrogens with zero attached hydrogens (tertiary/aromatic N) is 1. The largest absolute Gasteiger partial charge is 0.324 e. The van der Waals surface area contributed by atoms with Crippen molar-refractivity contribution in [3.05, 3.63) is 57.6 Å². The van der Waals surface area contributed by atoms with Crippen LogP contribution in [0.15, 0.2) is 36.4 Å². The molecule has 5 nitrogen and oxygen atoms in total. The third-order valence-corrected chi connectivity index (χ3v) is 6.08. The number of hydrogen-bond donors (Lipinski definition) is 1. The Labute approximate surface area is 164 Å². The molecule has 140 valence electrons. The Morgan fingerprint density at radius 2 is 1.77 bits per heavy atom. The second-order valence-corrected chi connectivity index (χ2v) is 8.74. The second-order valence-electron chi connectivity index (χ2n) is 6.07.